The average Bonchev–Trinajstić information content (AvgIpc) is 2.92. The molecule has 3 rings (SSSR count). The Morgan fingerprint density at radius 1 is 1.19 bits per heavy atom. The van der Waals surface area contributed by atoms with Crippen molar-refractivity contribution in [3.8, 4) is 0 Å². The van der Waals surface area contributed by atoms with E-state index in [0.29, 0.717) is 12.5 Å². The fraction of sp³-hybridized carbons (Fsp3) is 0.938. The second kappa shape index (κ2) is 6.63. The third-order valence-corrected chi connectivity index (χ3v) is 5.43. The molecular formula is C16H28N2O3. The fourth-order valence-corrected chi connectivity index (χ4v) is 3.91. The van der Waals surface area contributed by atoms with Crippen LogP contribution in [0, 0.1) is 5.92 Å². The molecule has 3 aliphatic heterocycles. The first-order valence-electron chi connectivity index (χ1n) is 8.46. The minimum Gasteiger partial charge on any atom is -0.396 e. The van der Waals surface area contributed by atoms with E-state index >= 15 is 0 Å². The zero-order valence-corrected chi connectivity index (χ0v) is 12.9. The summed E-state index contributed by atoms with van der Waals surface area (Å²) in [5.74, 6) is 0.686. The van der Waals surface area contributed by atoms with Gasteiger partial charge in [0, 0.05) is 26.3 Å². The van der Waals surface area contributed by atoms with E-state index in [4.69, 9.17) is 9.84 Å². The standard InChI is InChI=1S/C16H28N2O3/c19-12-14-3-7-17(8-4-14)11-15(20)18-9-6-16(13-18)5-1-2-10-21-16/h14,19H,1-13H2. The number of hydrogen-bond donors (Lipinski definition) is 1. The number of nitrogens with zero attached hydrogens (tertiary/aromatic N) is 2. The van der Waals surface area contributed by atoms with Crippen LogP contribution in [0.5, 0.6) is 0 Å². The number of aliphatic hydroxyl groups is 1. The highest BCUT2D eigenvalue weighted by Crippen LogP contribution is 2.34. The first-order valence-corrected chi connectivity index (χ1v) is 8.46. The monoisotopic (exact) mass is 296 g/mol. The van der Waals surface area contributed by atoms with Crippen LogP contribution in [0.15, 0.2) is 0 Å². The number of aliphatic hydroxyl groups excluding tert-OH is 1. The number of likely N-dealkylation sites (tertiary alicyclic amines) is 2. The van der Waals surface area contributed by atoms with E-state index < -0.39 is 0 Å². The van der Waals surface area contributed by atoms with Gasteiger partial charge >= 0.3 is 0 Å². The molecule has 0 aromatic carbocycles. The molecule has 1 atom stereocenters. The Labute approximate surface area is 127 Å². The normalized spacial score (nSPS) is 32.0. The molecule has 5 heteroatoms. The van der Waals surface area contributed by atoms with Crippen molar-refractivity contribution in [1.29, 1.82) is 0 Å². The zero-order valence-electron chi connectivity index (χ0n) is 12.9. The molecule has 3 heterocycles. The van der Waals surface area contributed by atoms with Crippen molar-refractivity contribution in [1.82, 2.24) is 9.80 Å². The summed E-state index contributed by atoms with van der Waals surface area (Å²) in [4.78, 5) is 16.7. The molecule has 1 unspecified atom stereocenters. The Morgan fingerprint density at radius 3 is 2.67 bits per heavy atom. The molecule has 3 aliphatic rings. The van der Waals surface area contributed by atoms with Gasteiger partial charge in [0.15, 0.2) is 0 Å². The van der Waals surface area contributed by atoms with Crippen LogP contribution in [-0.2, 0) is 9.53 Å². The molecule has 120 valence electrons. The van der Waals surface area contributed by atoms with Crippen LogP contribution in [0.4, 0.5) is 0 Å². The number of carbonyl (C=O) groups excluding carboxylic acids is 1. The second-order valence-electron chi connectivity index (χ2n) is 6.96. The average molecular weight is 296 g/mol. The van der Waals surface area contributed by atoms with Gasteiger partial charge in [0.2, 0.25) is 5.91 Å². The van der Waals surface area contributed by atoms with Gasteiger partial charge in [-0.1, -0.05) is 0 Å². The zero-order chi connectivity index (χ0) is 14.7. The van der Waals surface area contributed by atoms with Crippen molar-refractivity contribution in [3.63, 3.8) is 0 Å². The van der Waals surface area contributed by atoms with Gasteiger partial charge in [0.05, 0.1) is 12.1 Å². The van der Waals surface area contributed by atoms with Crippen molar-refractivity contribution >= 4 is 5.91 Å². The van der Waals surface area contributed by atoms with Crippen molar-refractivity contribution in [2.75, 3.05) is 45.9 Å². The first kappa shape index (κ1) is 15.3. The van der Waals surface area contributed by atoms with E-state index in [2.05, 4.69) is 4.90 Å². The Bertz CT molecular complexity index is 361. The lowest BCUT2D eigenvalue weighted by Crippen LogP contribution is -2.45. The van der Waals surface area contributed by atoms with Crippen LogP contribution in [-0.4, -0.2) is 72.4 Å². The summed E-state index contributed by atoms with van der Waals surface area (Å²) in [5.41, 5.74) is -0.0300. The molecule has 21 heavy (non-hydrogen) atoms. The molecule has 0 saturated carbocycles. The van der Waals surface area contributed by atoms with Gasteiger partial charge in [0.1, 0.15) is 0 Å². The third-order valence-electron chi connectivity index (χ3n) is 5.43. The molecule has 0 aliphatic carbocycles. The number of piperidine rings is 1. The Balaban J connectivity index is 1.46. The van der Waals surface area contributed by atoms with Crippen LogP contribution in [0.3, 0.4) is 0 Å². The van der Waals surface area contributed by atoms with E-state index in [1.807, 2.05) is 4.90 Å². The maximum absolute atomic E-state index is 12.5. The smallest absolute Gasteiger partial charge is 0.236 e. The Kier molecular flexibility index (Phi) is 4.82. The summed E-state index contributed by atoms with van der Waals surface area (Å²) in [6.07, 6.45) is 6.53. The SMILES string of the molecule is O=C(CN1CCC(CO)CC1)N1CCC2(CCCCO2)C1. The lowest BCUT2D eigenvalue weighted by atomic mass is 9.93. The van der Waals surface area contributed by atoms with E-state index in [0.717, 1.165) is 64.9 Å². The predicted molar refractivity (Wildman–Crippen MR) is 80.0 cm³/mol. The van der Waals surface area contributed by atoms with Crippen molar-refractivity contribution in [2.45, 2.75) is 44.1 Å². The summed E-state index contributed by atoms with van der Waals surface area (Å²) in [6, 6.07) is 0. The third kappa shape index (κ3) is 3.58. The molecular weight excluding hydrogens is 268 g/mol. The topological polar surface area (TPSA) is 53.0 Å². The van der Waals surface area contributed by atoms with Crippen LogP contribution < -0.4 is 0 Å². The van der Waals surface area contributed by atoms with E-state index in [-0.39, 0.29) is 18.1 Å². The van der Waals surface area contributed by atoms with Gasteiger partial charge < -0.3 is 14.7 Å². The molecule has 0 aromatic heterocycles. The van der Waals surface area contributed by atoms with Crippen LogP contribution in [0.25, 0.3) is 0 Å². The highest BCUT2D eigenvalue weighted by Gasteiger charge is 2.42. The summed E-state index contributed by atoms with van der Waals surface area (Å²) in [7, 11) is 0. The number of rotatable bonds is 3. The molecule has 3 fully saturated rings. The fourth-order valence-electron chi connectivity index (χ4n) is 3.91. The second-order valence-corrected chi connectivity index (χ2v) is 6.96. The first-order chi connectivity index (χ1) is 10.2. The van der Waals surface area contributed by atoms with E-state index in [9.17, 15) is 4.79 Å². The van der Waals surface area contributed by atoms with Crippen molar-refractivity contribution in [3.05, 3.63) is 0 Å². The molecule has 1 N–H and O–H groups in total. The van der Waals surface area contributed by atoms with Gasteiger partial charge in [-0.05, 0) is 57.5 Å². The van der Waals surface area contributed by atoms with Crippen LogP contribution in [0.1, 0.15) is 38.5 Å². The molecule has 3 saturated heterocycles. The number of amides is 1. The number of hydrogen-bond acceptors (Lipinski definition) is 4. The Morgan fingerprint density at radius 2 is 2.00 bits per heavy atom. The van der Waals surface area contributed by atoms with Gasteiger partial charge in [-0.15, -0.1) is 0 Å². The molecule has 0 aromatic rings. The summed E-state index contributed by atoms with van der Waals surface area (Å²) in [5, 5.41) is 9.16. The predicted octanol–water partition coefficient (Wildman–Crippen LogP) is 0.862. The minimum atomic E-state index is -0.0300. The van der Waals surface area contributed by atoms with Gasteiger partial charge in [-0.2, -0.15) is 0 Å². The van der Waals surface area contributed by atoms with Crippen molar-refractivity contribution < 1.29 is 14.6 Å². The number of ether oxygens (including phenoxy) is 1. The molecule has 5 nitrogen and oxygen atoms in total. The highest BCUT2D eigenvalue weighted by molar-refractivity contribution is 5.78. The van der Waals surface area contributed by atoms with E-state index in [1.54, 1.807) is 0 Å². The summed E-state index contributed by atoms with van der Waals surface area (Å²) < 4.78 is 5.99. The van der Waals surface area contributed by atoms with E-state index in [1.165, 1.54) is 6.42 Å². The van der Waals surface area contributed by atoms with Crippen LogP contribution in [0.2, 0.25) is 0 Å². The molecule has 0 bridgehead atoms. The van der Waals surface area contributed by atoms with Crippen LogP contribution >= 0.6 is 0 Å². The highest BCUT2D eigenvalue weighted by atomic mass is 16.5. The summed E-state index contributed by atoms with van der Waals surface area (Å²) in [6.45, 7) is 5.20. The summed E-state index contributed by atoms with van der Waals surface area (Å²) >= 11 is 0. The van der Waals surface area contributed by atoms with Crippen molar-refractivity contribution in [2.24, 2.45) is 5.92 Å². The molecule has 0 radical (unpaired) electrons. The number of carbonyl (C=O) groups is 1. The lowest BCUT2D eigenvalue weighted by molar-refractivity contribution is -0.134. The quantitative estimate of drug-likeness (QED) is 0.839. The van der Waals surface area contributed by atoms with Gasteiger partial charge in [-0.25, -0.2) is 0 Å². The van der Waals surface area contributed by atoms with Gasteiger partial charge in [-0.3, -0.25) is 9.69 Å². The lowest BCUT2D eigenvalue weighted by Gasteiger charge is -2.34. The maximum atomic E-state index is 12.5. The largest absolute Gasteiger partial charge is 0.396 e. The molecule has 1 spiro atoms. The Hall–Kier alpha value is -0.650. The minimum absolute atomic E-state index is 0.0300. The molecule has 1 amide bonds. The maximum Gasteiger partial charge on any atom is 0.236 e. The van der Waals surface area contributed by atoms with Gasteiger partial charge in [0.25, 0.3) is 0 Å².